The highest BCUT2D eigenvalue weighted by Gasteiger charge is 2.45. The molecule has 1 heterocycles. The highest BCUT2D eigenvalue weighted by molar-refractivity contribution is 5.75. The van der Waals surface area contributed by atoms with Crippen LogP contribution in [0.2, 0.25) is 0 Å². The van der Waals surface area contributed by atoms with E-state index >= 15 is 0 Å². The summed E-state index contributed by atoms with van der Waals surface area (Å²) in [4.78, 5) is 12.0. The third kappa shape index (κ3) is 3.63. The average molecular weight is 292 g/mol. The fraction of sp³-hybridized carbons (Fsp3) is 0.588. The van der Waals surface area contributed by atoms with Gasteiger partial charge < -0.3 is 14.6 Å². The van der Waals surface area contributed by atoms with Crippen molar-refractivity contribution in [2.24, 2.45) is 5.92 Å². The van der Waals surface area contributed by atoms with Crippen LogP contribution >= 0.6 is 0 Å². The minimum absolute atomic E-state index is 0.168. The molecule has 0 aromatic heterocycles. The Morgan fingerprint density at radius 3 is 2.62 bits per heavy atom. The zero-order valence-corrected chi connectivity index (χ0v) is 12.9. The molecule has 2 rings (SSSR count). The van der Waals surface area contributed by atoms with Crippen LogP contribution in [0.15, 0.2) is 30.3 Å². The summed E-state index contributed by atoms with van der Waals surface area (Å²) in [6.07, 6.45) is -0.154. The molecule has 1 saturated heterocycles. The van der Waals surface area contributed by atoms with Gasteiger partial charge >= 0.3 is 5.97 Å². The Morgan fingerprint density at radius 2 is 2.05 bits per heavy atom. The molecular formula is C17H24O4. The van der Waals surface area contributed by atoms with Crippen molar-refractivity contribution in [2.75, 3.05) is 6.61 Å². The lowest BCUT2D eigenvalue weighted by Crippen LogP contribution is -2.48. The second-order valence-electron chi connectivity index (χ2n) is 5.97. The van der Waals surface area contributed by atoms with Crippen molar-refractivity contribution in [3.8, 4) is 0 Å². The van der Waals surface area contributed by atoms with Crippen LogP contribution in [0.3, 0.4) is 0 Å². The van der Waals surface area contributed by atoms with Crippen molar-refractivity contribution in [2.45, 2.75) is 51.4 Å². The van der Waals surface area contributed by atoms with Gasteiger partial charge in [-0.3, -0.25) is 0 Å². The fourth-order valence-electron chi connectivity index (χ4n) is 2.78. The molecule has 116 valence electrons. The van der Waals surface area contributed by atoms with Gasteiger partial charge in [0.2, 0.25) is 0 Å². The molecule has 1 aromatic rings. The molecule has 0 saturated carbocycles. The van der Waals surface area contributed by atoms with Gasteiger partial charge in [-0.15, -0.1) is 0 Å². The molecule has 1 aromatic carbocycles. The molecule has 4 heteroatoms. The monoisotopic (exact) mass is 292 g/mol. The molecule has 0 bridgehead atoms. The Labute approximate surface area is 126 Å². The number of esters is 1. The Hall–Kier alpha value is -1.39. The van der Waals surface area contributed by atoms with E-state index in [0.29, 0.717) is 13.0 Å². The molecule has 0 aliphatic carbocycles. The van der Waals surface area contributed by atoms with Gasteiger partial charge in [0, 0.05) is 12.8 Å². The van der Waals surface area contributed by atoms with Crippen LogP contribution in [0.25, 0.3) is 0 Å². The number of hydrogen-bond acceptors (Lipinski definition) is 4. The van der Waals surface area contributed by atoms with Gasteiger partial charge in [0.15, 0.2) is 6.10 Å². The zero-order valence-electron chi connectivity index (χ0n) is 12.9. The van der Waals surface area contributed by atoms with Gasteiger partial charge in [-0.05, 0) is 18.4 Å². The maximum atomic E-state index is 12.0. The SMILES string of the molecule is CCOC(=O)[C@@H]1C[C@](O)(c2ccccc2)C[C@H](C(C)C)O1. The molecule has 1 aliphatic heterocycles. The second kappa shape index (κ2) is 6.58. The smallest absolute Gasteiger partial charge is 0.335 e. The number of aliphatic hydroxyl groups is 1. The standard InChI is InChI=1S/C17H24O4/c1-4-20-16(18)15-11-17(19,10-14(21-15)12(2)3)13-8-6-5-7-9-13/h5-9,12,14-15,19H,4,10-11H2,1-3H3/t14-,15+,17+/m1/s1. The Kier molecular flexibility index (Phi) is 5.01. The summed E-state index contributed by atoms with van der Waals surface area (Å²) in [7, 11) is 0. The largest absolute Gasteiger partial charge is 0.464 e. The first-order valence-corrected chi connectivity index (χ1v) is 7.56. The number of carbonyl (C=O) groups is 1. The van der Waals surface area contributed by atoms with Gasteiger partial charge in [-0.25, -0.2) is 4.79 Å². The van der Waals surface area contributed by atoms with Crippen LogP contribution in [0.5, 0.6) is 0 Å². The lowest BCUT2D eigenvalue weighted by molar-refractivity contribution is -0.191. The zero-order chi connectivity index (χ0) is 15.5. The Balaban J connectivity index is 2.26. The molecule has 1 aliphatic rings. The van der Waals surface area contributed by atoms with Crippen molar-refractivity contribution in [1.82, 2.24) is 0 Å². The summed E-state index contributed by atoms with van der Waals surface area (Å²) in [6, 6.07) is 9.49. The van der Waals surface area contributed by atoms with Gasteiger partial charge in [0.25, 0.3) is 0 Å². The first-order chi connectivity index (χ1) is 9.96. The van der Waals surface area contributed by atoms with Crippen LogP contribution in [0.1, 0.15) is 39.2 Å². The normalized spacial score (nSPS) is 29.4. The first kappa shape index (κ1) is 16.0. The van der Waals surface area contributed by atoms with E-state index in [-0.39, 0.29) is 18.4 Å². The average Bonchev–Trinajstić information content (AvgIpc) is 2.48. The molecular weight excluding hydrogens is 268 g/mol. The number of carbonyl (C=O) groups excluding carboxylic acids is 1. The summed E-state index contributed by atoms with van der Waals surface area (Å²) in [5.74, 6) is -0.172. The fourth-order valence-corrected chi connectivity index (χ4v) is 2.78. The van der Waals surface area contributed by atoms with Crippen molar-refractivity contribution in [3.05, 3.63) is 35.9 Å². The van der Waals surface area contributed by atoms with Crippen molar-refractivity contribution in [1.29, 1.82) is 0 Å². The minimum Gasteiger partial charge on any atom is -0.464 e. The molecule has 4 nitrogen and oxygen atoms in total. The van der Waals surface area contributed by atoms with Gasteiger partial charge in [0.1, 0.15) is 0 Å². The highest BCUT2D eigenvalue weighted by atomic mass is 16.6. The van der Waals surface area contributed by atoms with Crippen LogP contribution in [0.4, 0.5) is 0 Å². The van der Waals surface area contributed by atoms with Crippen LogP contribution in [-0.4, -0.2) is 29.9 Å². The summed E-state index contributed by atoms with van der Waals surface area (Å²) in [6.45, 7) is 6.14. The Bertz CT molecular complexity index is 471. The van der Waals surface area contributed by atoms with E-state index in [2.05, 4.69) is 0 Å². The van der Waals surface area contributed by atoms with E-state index in [1.54, 1.807) is 6.92 Å². The summed E-state index contributed by atoms with van der Waals surface area (Å²) in [5.41, 5.74) is -0.223. The third-order valence-corrected chi connectivity index (χ3v) is 4.01. The maximum Gasteiger partial charge on any atom is 0.335 e. The van der Waals surface area contributed by atoms with Gasteiger partial charge in [-0.1, -0.05) is 44.2 Å². The van der Waals surface area contributed by atoms with Crippen LogP contribution in [0, 0.1) is 5.92 Å². The van der Waals surface area contributed by atoms with Crippen molar-refractivity contribution < 1.29 is 19.4 Å². The minimum atomic E-state index is -1.05. The third-order valence-electron chi connectivity index (χ3n) is 4.01. The van der Waals surface area contributed by atoms with Gasteiger partial charge in [0.05, 0.1) is 18.3 Å². The van der Waals surface area contributed by atoms with E-state index in [0.717, 1.165) is 5.56 Å². The second-order valence-corrected chi connectivity index (χ2v) is 5.97. The number of hydrogen-bond donors (Lipinski definition) is 1. The molecule has 0 amide bonds. The van der Waals surface area contributed by atoms with Crippen LogP contribution < -0.4 is 0 Å². The first-order valence-electron chi connectivity index (χ1n) is 7.56. The number of ether oxygens (including phenoxy) is 2. The van der Waals surface area contributed by atoms with Gasteiger partial charge in [-0.2, -0.15) is 0 Å². The molecule has 0 radical (unpaired) electrons. The predicted octanol–water partition coefficient (Wildman–Crippen LogP) is 2.64. The molecule has 1 N–H and O–H groups in total. The van der Waals surface area contributed by atoms with E-state index in [1.807, 2.05) is 44.2 Å². The predicted molar refractivity (Wildman–Crippen MR) is 79.7 cm³/mol. The number of benzene rings is 1. The quantitative estimate of drug-likeness (QED) is 0.867. The maximum absolute atomic E-state index is 12.0. The van der Waals surface area contributed by atoms with E-state index in [1.165, 1.54) is 0 Å². The summed E-state index contributed by atoms with van der Waals surface area (Å²) >= 11 is 0. The van der Waals surface area contributed by atoms with Crippen molar-refractivity contribution >= 4 is 5.97 Å². The summed E-state index contributed by atoms with van der Waals surface area (Å²) in [5, 5.41) is 11.1. The lowest BCUT2D eigenvalue weighted by atomic mass is 9.79. The van der Waals surface area contributed by atoms with E-state index in [4.69, 9.17) is 9.47 Å². The van der Waals surface area contributed by atoms with E-state index < -0.39 is 17.7 Å². The molecule has 21 heavy (non-hydrogen) atoms. The topological polar surface area (TPSA) is 55.8 Å². The van der Waals surface area contributed by atoms with E-state index in [9.17, 15) is 9.90 Å². The molecule has 0 spiro atoms. The Morgan fingerprint density at radius 1 is 1.38 bits per heavy atom. The molecule has 3 atom stereocenters. The van der Waals surface area contributed by atoms with Crippen LogP contribution in [-0.2, 0) is 19.9 Å². The lowest BCUT2D eigenvalue weighted by Gasteiger charge is -2.42. The van der Waals surface area contributed by atoms with Crippen molar-refractivity contribution in [3.63, 3.8) is 0 Å². The molecule has 0 unspecified atom stereocenters. The summed E-state index contributed by atoms with van der Waals surface area (Å²) < 4.78 is 10.9. The number of rotatable bonds is 4. The molecule has 1 fully saturated rings. The highest BCUT2D eigenvalue weighted by Crippen LogP contribution is 2.39.